The molecule has 0 aliphatic carbocycles. The van der Waals surface area contributed by atoms with Crippen LogP contribution in [0.15, 0.2) is 0 Å². The van der Waals surface area contributed by atoms with Crippen LogP contribution in [0.2, 0.25) is 0 Å². The molecule has 1 fully saturated rings. The minimum atomic E-state index is -0.455. The molecule has 1 amide bonds. The second kappa shape index (κ2) is 3.03. The normalized spacial score (nSPS) is 26.1. The van der Waals surface area contributed by atoms with Crippen molar-refractivity contribution < 1.29 is 4.79 Å². The highest BCUT2D eigenvalue weighted by molar-refractivity contribution is 6.62. The molecule has 1 aliphatic rings. The first-order valence-corrected chi connectivity index (χ1v) is 3.33. The second-order valence-corrected chi connectivity index (χ2v) is 2.45. The third-order valence-electron chi connectivity index (χ3n) is 1.38. The van der Waals surface area contributed by atoms with Crippen molar-refractivity contribution in [2.45, 2.75) is 12.5 Å². The molecule has 1 aliphatic heterocycles. The lowest BCUT2D eigenvalue weighted by Gasteiger charge is -2.05. The van der Waals surface area contributed by atoms with Crippen LogP contribution in [-0.4, -0.2) is 24.5 Å². The highest BCUT2D eigenvalue weighted by Gasteiger charge is 2.14. The Morgan fingerprint density at radius 2 is 2.56 bits per heavy atom. The van der Waals surface area contributed by atoms with Gasteiger partial charge in [0.15, 0.2) is 0 Å². The molecular formula is C5H9ClN2O. The van der Waals surface area contributed by atoms with Gasteiger partial charge in [0, 0.05) is 12.6 Å². The van der Waals surface area contributed by atoms with Crippen LogP contribution in [0.4, 0.5) is 4.79 Å². The molecule has 2 N–H and O–H groups in total. The number of nitrogens with one attached hydrogen (secondary N) is 2. The van der Waals surface area contributed by atoms with Gasteiger partial charge >= 0.3 is 5.37 Å². The average molecular weight is 149 g/mol. The summed E-state index contributed by atoms with van der Waals surface area (Å²) in [7, 11) is 0. The van der Waals surface area contributed by atoms with Gasteiger partial charge < -0.3 is 10.6 Å². The number of halogens is 1. The number of hydrogen-bond acceptors (Lipinski definition) is 2. The number of hydrogen-bond donors (Lipinski definition) is 2. The zero-order valence-electron chi connectivity index (χ0n) is 4.98. The molecule has 1 heterocycles. The van der Waals surface area contributed by atoms with E-state index in [9.17, 15) is 4.79 Å². The lowest BCUT2D eigenvalue weighted by Crippen LogP contribution is -2.32. The van der Waals surface area contributed by atoms with Gasteiger partial charge in [0.1, 0.15) is 0 Å². The van der Waals surface area contributed by atoms with Crippen molar-refractivity contribution >= 4 is 17.0 Å². The van der Waals surface area contributed by atoms with Gasteiger partial charge in [-0.05, 0) is 24.6 Å². The first-order chi connectivity index (χ1) is 4.29. The molecule has 0 aromatic heterocycles. The zero-order chi connectivity index (χ0) is 6.69. The molecule has 0 radical (unpaired) electrons. The third kappa shape index (κ3) is 2.20. The van der Waals surface area contributed by atoms with Gasteiger partial charge in [-0.15, -0.1) is 0 Å². The fourth-order valence-corrected chi connectivity index (χ4v) is 1.09. The first-order valence-electron chi connectivity index (χ1n) is 2.96. The van der Waals surface area contributed by atoms with Crippen molar-refractivity contribution in [3.63, 3.8) is 0 Å². The van der Waals surface area contributed by atoms with E-state index >= 15 is 0 Å². The molecule has 52 valence electrons. The van der Waals surface area contributed by atoms with Crippen LogP contribution in [0.25, 0.3) is 0 Å². The fraction of sp³-hybridized carbons (Fsp3) is 0.800. The number of rotatable bonds is 1. The highest BCUT2D eigenvalue weighted by Crippen LogP contribution is 1.97. The van der Waals surface area contributed by atoms with Crippen LogP contribution in [0.5, 0.6) is 0 Å². The topological polar surface area (TPSA) is 41.1 Å². The van der Waals surface area contributed by atoms with Gasteiger partial charge in [-0.2, -0.15) is 0 Å². The molecule has 1 rings (SSSR count). The Morgan fingerprint density at radius 1 is 1.78 bits per heavy atom. The predicted octanol–water partition coefficient (Wildman–Crippen LogP) is 0.297. The van der Waals surface area contributed by atoms with Crippen LogP contribution in [0.1, 0.15) is 6.42 Å². The molecule has 1 saturated heterocycles. The Morgan fingerprint density at radius 3 is 3.00 bits per heavy atom. The van der Waals surface area contributed by atoms with E-state index in [0.717, 1.165) is 19.5 Å². The molecule has 9 heavy (non-hydrogen) atoms. The minimum absolute atomic E-state index is 0.245. The van der Waals surface area contributed by atoms with Crippen molar-refractivity contribution in [1.82, 2.24) is 10.6 Å². The van der Waals surface area contributed by atoms with Crippen LogP contribution < -0.4 is 10.6 Å². The predicted molar refractivity (Wildman–Crippen MR) is 35.7 cm³/mol. The molecule has 4 heteroatoms. The molecule has 0 spiro atoms. The average Bonchev–Trinajstić information content (AvgIpc) is 2.15. The van der Waals surface area contributed by atoms with E-state index in [1.807, 2.05) is 0 Å². The van der Waals surface area contributed by atoms with E-state index in [2.05, 4.69) is 10.6 Å². The second-order valence-electron chi connectivity index (χ2n) is 2.11. The Labute approximate surface area is 58.8 Å². The van der Waals surface area contributed by atoms with Crippen LogP contribution >= 0.6 is 11.6 Å². The van der Waals surface area contributed by atoms with Crippen molar-refractivity contribution in [1.29, 1.82) is 0 Å². The monoisotopic (exact) mass is 148 g/mol. The van der Waals surface area contributed by atoms with Gasteiger partial charge in [-0.1, -0.05) is 0 Å². The van der Waals surface area contributed by atoms with Crippen molar-refractivity contribution in [2.24, 2.45) is 0 Å². The maximum Gasteiger partial charge on any atom is 0.314 e. The molecule has 0 aromatic carbocycles. The first kappa shape index (κ1) is 6.83. The number of amides is 1. The maximum atomic E-state index is 10.2. The Bertz CT molecular complexity index is 112. The summed E-state index contributed by atoms with van der Waals surface area (Å²) in [6.07, 6.45) is 0.985. The van der Waals surface area contributed by atoms with E-state index in [-0.39, 0.29) is 6.04 Å². The molecule has 3 nitrogen and oxygen atoms in total. The Kier molecular flexibility index (Phi) is 2.30. The Balaban J connectivity index is 2.19. The standard InChI is InChI=1S/C5H9ClN2O/c6-5(9)8-4-1-2-7-3-4/h4,7H,1-3H2,(H,8,9)/t4-/m0/s1. The van der Waals surface area contributed by atoms with Crippen LogP contribution in [0, 0.1) is 0 Å². The van der Waals surface area contributed by atoms with Gasteiger partial charge in [0.05, 0.1) is 0 Å². The van der Waals surface area contributed by atoms with E-state index in [1.54, 1.807) is 0 Å². The van der Waals surface area contributed by atoms with Gasteiger partial charge in [0.25, 0.3) is 0 Å². The maximum absolute atomic E-state index is 10.2. The summed E-state index contributed by atoms with van der Waals surface area (Å²) in [5.41, 5.74) is 0. The highest BCUT2D eigenvalue weighted by atomic mass is 35.5. The summed E-state index contributed by atoms with van der Waals surface area (Å²) in [6, 6.07) is 0.245. The Hall–Kier alpha value is -0.280. The van der Waals surface area contributed by atoms with Gasteiger partial charge in [0.2, 0.25) is 0 Å². The van der Waals surface area contributed by atoms with Crippen molar-refractivity contribution in [3.05, 3.63) is 0 Å². The smallest absolute Gasteiger partial charge is 0.314 e. The molecule has 0 saturated carbocycles. The zero-order valence-corrected chi connectivity index (χ0v) is 5.74. The third-order valence-corrected chi connectivity index (χ3v) is 1.49. The summed E-state index contributed by atoms with van der Waals surface area (Å²) in [4.78, 5) is 10.2. The summed E-state index contributed by atoms with van der Waals surface area (Å²) in [5, 5.41) is 5.26. The largest absolute Gasteiger partial charge is 0.339 e. The SMILES string of the molecule is O=C(Cl)N[C@H]1CCNC1. The van der Waals surface area contributed by atoms with E-state index in [0.29, 0.717) is 0 Å². The summed E-state index contributed by atoms with van der Waals surface area (Å²) in [5.74, 6) is 0. The lowest BCUT2D eigenvalue weighted by molar-refractivity contribution is 0.257. The van der Waals surface area contributed by atoms with Crippen molar-refractivity contribution in [2.75, 3.05) is 13.1 Å². The molecule has 1 atom stereocenters. The number of carbonyl (C=O) groups is 1. The summed E-state index contributed by atoms with van der Waals surface area (Å²) in [6.45, 7) is 1.82. The van der Waals surface area contributed by atoms with Gasteiger partial charge in [-0.3, -0.25) is 4.79 Å². The summed E-state index contributed by atoms with van der Waals surface area (Å²) < 4.78 is 0. The number of carbonyl (C=O) groups excluding carboxylic acids is 1. The van der Waals surface area contributed by atoms with E-state index in [1.165, 1.54) is 0 Å². The fourth-order valence-electron chi connectivity index (χ4n) is 0.938. The van der Waals surface area contributed by atoms with Crippen LogP contribution in [0.3, 0.4) is 0 Å². The van der Waals surface area contributed by atoms with Gasteiger partial charge in [-0.25, -0.2) is 0 Å². The molecule has 0 bridgehead atoms. The lowest BCUT2D eigenvalue weighted by atomic mass is 10.3. The van der Waals surface area contributed by atoms with Crippen molar-refractivity contribution in [3.8, 4) is 0 Å². The minimum Gasteiger partial charge on any atom is -0.339 e. The van der Waals surface area contributed by atoms with E-state index < -0.39 is 5.37 Å². The summed E-state index contributed by atoms with van der Waals surface area (Å²) >= 11 is 5.08. The van der Waals surface area contributed by atoms with E-state index in [4.69, 9.17) is 11.6 Å². The van der Waals surface area contributed by atoms with Crippen LogP contribution in [-0.2, 0) is 0 Å². The molecular weight excluding hydrogens is 140 g/mol. The molecule has 0 unspecified atom stereocenters. The quantitative estimate of drug-likeness (QED) is 0.415. The molecule has 0 aromatic rings.